The Balaban J connectivity index is 2.61. The highest BCUT2D eigenvalue weighted by molar-refractivity contribution is 5.85. The van der Waals surface area contributed by atoms with Crippen molar-refractivity contribution in [3.63, 3.8) is 0 Å². The Morgan fingerprint density at radius 2 is 1.87 bits per heavy atom. The predicted octanol–water partition coefficient (Wildman–Crippen LogP) is 2.10. The Morgan fingerprint density at radius 1 is 1.13 bits per heavy atom. The third-order valence-corrected chi connectivity index (χ3v) is 1.97. The molecule has 0 atom stereocenters. The van der Waals surface area contributed by atoms with Gasteiger partial charge in [-0.05, 0) is 24.3 Å². The zero-order valence-electron chi connectivity index (χ0n) is 7.72. The van der Waals surface area contributed by atoms with Crippen molar-refractivity contribution in [3.05, 3.63) is 48.2 Å². The van der Waals surface area contributed by atoms with Crippen LogP contribution < -0.4 is 0 Å². The average molecular weight is 202 g/mol. The number of aromatic nitrogens is 2. The van der Waals surface area contributed by atoms with Crippen LogP contribution in [0.1, 0.15) is 10.4 Å². The molecular weight excluding hydrogens is 195 g/mol. The summed E-state index contributed by atoms with van der Waals surface area (Å²) in [5, 5.41) is 0. The monoisotopic (exact) mass is 202 g/mol. The smallest absolute Gasteiger partial charge is 0.213 e. The summed E-state index contributed by atoms with van der Waals surface area (Å²) in [7, 11) is 0. The second kappa shape index (κ2) is 3.96. The van der Waals surface area contributed by atoms with Crippen molar-refractivity contribution >= 4 is 6.29 Å². The van der Waals surface area contributed by atoms with Gasteiger partial charge in [0.1, 0.15) is 0 Å². The molecule has 15 heavy (non-hydrogen) atoms. The minimum Gasteiger partial charge on any atom is -0.298 e. The number of pyridine rings is 2. The Morgan fingerprint density at radius 3 is 2.53 bits per heavy atom. The van der Waals surface area contributed by atoms with E-state index in [4.69, 9.17) is 0 Å². The SMILES string of the molecule is O=Cc1ccc(F)nc1-c1ccncc1. The van der Waals surface area contributed by atoms with E-state index in [0.717, 1.165) is 6.07 Å². The number of rotatable bonds is 2. The van der Waals surface area contributed by atoms with Gasteiger partial charge in [-0.25, -0.2) is 4.98 Å². The molecule has 0 fully saturated rings. The van der Waals surface area contributed by atoms with E-state index in [9.17, 15) is 9.18 Å². The van der Waals surface area contributed by atoms with Crippen molar-refractivity contribution in [2.75, 3.05) is 0 Å². The van der Waals surface area contributed by atoms with Crippen molar-refractivity contribution in [1.29, 1.82) is 0 Å². The van der Waals surface area contributed by atoms with E-state index in [1.54, 1.807) is 24.5 Å². The third-order valence-electron chi connectivity index (χ3n) is 1.97. The van der Waals surface area contributed by atoms with Crippen LogP contribution in [0.4, 0.5) is 4.39 Å². The van der Waals surface area contributed by atoms with Crippen LogP contribution in [0, 0.1) is 5.95 Å². The van der Waals surface area contributed by atoms with E-state index in [0.29, 0.717) is 23.1 Å². The highest BCUT2D eigenvalue weighted by atomic mass is 19.1. The largest absolute Gasteiger partial charge is 0.298 e. The van der Waals surface area contributed by atoms with E-state index in [2.05, 4.69) is 9.97 Å². The van der Waals surface area contributed by atoms with Gasteiger partial charge < -0.3 is 0 Å². The van der Waals surface area contributed by atoms with Gasteiger partial charge in [-0.15, -0.1) is 0 Å². The fourth-order valence-electron chi connectivity index (χ4n) is 1.28. The summed E-state index contributed by atoms with van der Waals surface area (Å²) >= 11 is 0. The van der Waals surface area contributed by atoms with Gasteiger partial charge in [-0.3, -0.25) is 9.78 Å². The lowest BCUT2D eigenvalue weighted by molar-refractivity contribution is 0.112. The summed E-state index contributed by atoms with van der Waals surface area (Å²) in [4.78, 5) is 18.3. The maximum Gasteiger partial charge on any atom is 0.213 e. The van der Waals surface area contributed by atoms with Gasteiger partial charge in [0.15, 0.2) is 6.29 Å². The van der Waals surface area contributed by atoms with Gasteiger partial charge in [0.25, 0.3) is 0 Å². The van der Waals surface area contributed by atoms with E-state index in [1.807, 2.05) is 0 Å². The Labute approximate surface area is 85.6 Å². The molecule has 0 amide bonds. The lowest BCUT2D eigenvalue weighted by atomic mass is 10.1. The van der Waals surface area contributed by atoms with Crippen LogP contribution in [0.25, 0.3) is 11.3 Å². The Hall–Kier alpha value is -2.10. The molecule has 0 aliphatic heterocycles. The van der Waals surface area contributed by atoms with Crippen LogP contribution in [0.15, 0.2) is 36.7 Å². The molecule has 74 valence electrons. The predicted molar refractivity (Wildman–Crippen MR) is 52.8 cm³/mol. The fraction of sp³-hybridized carbons (Fsp3) is 0. The molecule has 0 N–H and O–H groups in total. The first-order chi connectivity index (χ1) is 7.31. The van der Waals surface area contributed by atoms with Gasteiger partial charge in [0.2, 0.25) is 5.95 Å². The second-order valence-electron chi connectivity index (χ2n) is 2.93. The first kappa shape index (κ1) is 9.45. The molecule has 2 rings (SSSR count). The summed E-state index contributed by atoms with van der Waals surface area (Å²) in [6.07, 6.45) is 3.79. The molecule has 0 spiro atoms. The molecule has 3 nitrogen and oxygen atoms in total. The standard InChI is InChI=1S/C11H7FN2O/c12-10-2-1-9(7-15)11(14-10)8-3-5-13-6-4-8/h1-7H. The fourth-order valence-corrected chi connectivity index (χ4v) is 1.28. The minimum atomic E-state index is -0.604. The van der Waals surface area contributed by atoms with Gasteiger partial charge in [0.05, 0.1) is 5.69 Å². The summed E-state index contributed by atoms with van der Waals surface area (Å²) < 4.78 is 12.9. The second-order valence-corrected chi connectivity index (χ2v) is 2.93. The molecule has 2 aromatic rings. The molecular formula is C11H7FN2O. The van der Waals surface area contributed by atoms with Crippen molar-refractivity contribution in [2.45, 2.75) is 0 Å². The van der Waals surface area contributed by atoms with Gasteiger partial charge in [-0.1, -0.05) is 0 Å². The van der Waals surface area contributed by atoms with Crippen molar-refractivity contribution in [2.24, 2.45) is 0 Å². The Kier molecular flexibility index (Phi) is 2.49. The average Bonchev–Trinajstić information content (AvgIpc) is 2.30. The summed E-state index contributed by atoms with van der Waals surface area (Å²) in [6, 6.07) is 5.92. The maximum absolute atomic E-state index is 12.9. The molecule has 0 radical (unpaired) electrons. The van der Waals surface area contributed by atoms with Crippen LogP contribution in [0.5, 0.6) is 0 Å². The molecule has 4 heteroatoms. The van der Waals surface area contributed by atoms with E-state index >= 15 is 0 Å². The van der Waals surface area contributed by atoms with Crippen LogP contribution >= 0.6 is 0 Å². The molecule has 0 aliphatic rings. The normalized spacial score (nSPS) is 9.93. The first-order valence-corrected chi connectivity index (χ1v) is 4.33. The van der Waals surface area contributed by atoms with Crippen LogP contribution in [0.2, 0.25) is 0 Å². The number of hydrogen-bond acceptors (Lipinski definition) is 3. The molecule has 2 heterocycles. The van der Waals surface area contributed by atoms with Crippen molar-refractivity contribution in [1.82, 2.24) is 9.97 Å². The quantitative estimate of drug-likeness (QED) is 0.553. The first-order valence-electron chi connectivity index (χ1n) is 4.33. The van der Waals surface area contributed by atoms with Gasteiger partial charge in [-0.2, -0.15) is 4.39 Å². The summed E-state index contributed by atoms with van der Waals surface area (Å²) in [5.41, 5.74) is 1.38. The van der Waals surface area contributed by atoms with E-state index < -0.39 is 5.95 Å². The lowest BCUT2D eigenvalue weighted by Crippen LogP contribution is -1.94. The van der Waals surface area contributed by atoms with Gasteiger partial charge >= 0.3 is 0 Å². The minimum absolute atomic E-state index is 0.340. The molecule has 2 aromatic heterocycles. The zero-order chi connectivity index (χ0) is 10.7. The lowest BCUT2D eigenvalue weighted by Gasteiger charge is -2.02. The number of hydrogen-bond donors (Lipinski definition) is 0. The topological polar surface area (TPSA) is 42.9 Å². The Bertz CT molecular complexity index is 485. The van der Waals surface area contributed by atoms with Crippen LogP contribution in [-0.2, 0) is 0 Å². The molecule has 0 saturated heterocycles. The van der Waals surface area contributed by atoms with Gasteiger partial charge in [0, 0.05) is 23.5 Å². The summed E-state index contributed by atoms with van der Waals surface area (Å²) in [5.74, 6) is -0.604. The maximum atomic E-state index is 12.9. The van der Waals surface area contributed by atoms with Crippen molar-refractivity contribution in [3.8, 4) is 11.3 Å². The third kappa shape index (κ3) is 1.88. The molecule has 0 aliphatic carbocycles. The number of carbonyl (C=O) groups excluding carboxylic acids is 1. The summed E-state index contributed by atoms with van der Waals surface area (Å²) in [6.45, 7) is 0. The highest BCUT2D eigenvalue weighted by Crippen LogP contribution is 2.19. The molecule has 0 aromatic carbocycles. The van der Waals surface area contributed by atoms with Crippen molar-refractivity contribution < 1.29 is 9.18 Å². The molecule has 0 unspecified atom stereocenters. The highest BCUT2D eigenvalue weighted by Gasteiger charge is 2.07. The number of aldehydes is 1. The van der Waals surface area contributed by atoms with E-state index in [-0.39, 0.29) is 0 Å². The molecule has 0 saturated carbocycles. The zero-order valence-corrected chi connectivity index (χ0v) is 7.72. The molecule has 0 bridgehead atoms. The van der Waals surface area contributed by atoms with Crippen LogP contribution in [0.3, 0.4) is 0 Å². The number of halogens is 1. The van der Waals surface area contributed by atoms with E-state index in [1.165, 1.54) is 6.07 Å². The number of carbonyl (C=O) groups is 1. The van der Waals surface area contributed by atoms with Crippen LogP contribution in [-0.4, -0.2) is 16.3 Å². The number of nitrogens with zero attached hydrogens (tertiary/aromatic N) is 2.